The summed E-state index contributed by atoms with van der Waals surface area (Å²) in [5.74, 6) is -0.312. The fraction of sp³-hybridized carbons (Fsp3) is 0.625. The van der Waals surface area contributed by atoms with Crippen molar-refractivity contribution in [3.63, 3.8) is 0 Å². The van der Waals surface area contributed by atoms with Gasteiger partial charge in [0.2, 0.25) is 5.91 Å². The van der Waals surface area contributed by atoms with Crippen LogP contribution >= 0.6 is 0 Å². The lowest BCUT2D eigenvalue weighted by Gasteiger charge is -2.25. The minimum atomic E-state index is -0.465. The molecule has 1 saturated heterocycles. The normalized spacial score (nSPS) is 16.3. The zero-order valence-corrected chi connectivity index (χ0v) is 18.5. The third kappa shape index (κ3) is 9.96. The summed E-state index contributed by atoms with van der Waals surface area (Å²) in [6.07, 6.45) is 4.52. The molecule has 0 aliphatic carbocycles. The van der Waals surface area contributed by atoms with Gasteiger partial charge in [-0.2, -0.15) is 0 Å². The molecule has 0 radical (unpaired) electrons. The largest absolute Gasteiger partial charge is 0.445 e. The van der Waals surface area contributed by atoms with Gasteiger partial charge in [0.05, 0.1) is 0 Å². The van der Waals surface area contributed by atoms with Gasteiger partial charge >= 0.3 is 6.09 Å². The fourth-order valence-electron chi connectivity index (χ4n) is 3.88. The van der Waals surface area contributed by atoms with Gasteiger partial charge < -0.3 is 20.5 Å². The van der Waals surface area contributed by atoms with Crippen LogP contribution in [0.2, 0.25) is 0 Å². The maximum atomic E-state index is 12.6. The van der Waals surface area contributed by atoms with Crippen molar-refractivity contribution >= 4 is 17.8 Å². The number of nitrogens with two attached hydrogens (primary N) is 1. The zero-order chi connectivity index (χ0) is 22.5. The number of carbonyl (C=O) groups is 3. The van der Waals surface area contributed by atoms with Crippen LogP contribution < -0.4 is 11.1 Å². The van der Waals surface area contributed by atoms with Crippen molar-refractivity contribution in [2.24, 2.45) is 23.5 Å². The molecule has 3 N–H and O–H groups in total. The van der Waals surface area contributed by atoms with Gasteiger partial charge in [-0.15, -0.1) is 0 Å². The molecule has 2 amide bonds. The van der Waals surface area contributed by atoms with Gasteiger partial charge in [-0.1, -0.05) is 43.7 Å². The van der Waals surface area contributed by atoms with Crippen molar-refractivity contribution < 1.29 is 23.9 Å². The predicted molar refractivity (Wildman–Crippen MR) is 118 cm³/mol. The quantitative estimate of drug-likeness (QED) is 0.463. The molecule has 0 aromatic heterocycles. The first-order valence-electron chi connectivity index (χ1n) is 11.3. The fourth-order valence-corrected chi connectivity index (χ4v) is 3.88. The second-order valence-corrected chi connectivity index (χ2v) is 8.45. The molecule has 0 saturated carbocycles. The van der Waals surface area contributed by atoms with E-state index in [9.17, 15) is 14.4 Å². The molecule has 1 aliphatic heterocycles. The van der Waals surface area contributed by atoms with E-state index in [2.05, 4.69) is 5.32 Å². The number of carbonyl (C=O) groups excluding carboxylic acids is 3. The summed E-state index contributed by atoms with van der Waals surface area (Å²) in [5, 5.41) is 2.71. The van der Waals surface area contributed by atoms with Crippen molar-refractivity contribution in [2.45, 2.75) is 58.5 Å². The summed E-state index contributed by atoms with van der Waals surface area (Å²) in [4.78, 5) is 36.1. The van der Waals surface area contributed by atoms with Crippen LogP contribution in [0.1, 0.15) is 57.4 Å². The molecule has 2 atom stereocenters. The monoisotopic (exact) mass is 432 g/mol. The van der Waals surface area contributed by atoms with Crippen molar-refractivity contribution in [3.8, 4) is 0 Å². The third-order valence-corrected chi connectivity index (χ3v) is 5.89. The number of Topliss-reactive ketones (excluding diaryl/α,β-unsaturated/α-hetero) is 1. The van der Waals surface area contributed by atoms with Crippen molar-refractivity contribution in [3.05, 3.63) is 35.9 Å². The molecule has 0 bridgehead atoms. The minimum absolute atomic E-state index is 0.0639. The van der Waals surface area contributed by atoms with Crippen LogP contribution in [0.4, 0.5) is 4.79 Å². The maximum absolute atomic E-state index is 12.6. The summed E-state index contributed by atoms with van der Waals surface area (Å²) in [5.41, 5.74) is 6.46. The molecule has 0 spiro atoms. The average Bonchev–Trinajstić information content (AvgIpc) is 2.77. The van der Waals surface area contributed by atoms with E-state index < -0.39 is 17.9 Å². The summed E-state index contributed by atoms with van der Waals surface area (Å²) in [7, 11) is 0. The predicted octanol–water partition coefficient (Wildman–Crippen LogP) is 3.60. The highest BCUT2D eigenvalue weighted by Crippen LogP contribution is 2.25. The van der Waals surface area contributed by atoms with E-state index in [-0.39, 0.29) is 24.7 Å². The Morgan fingerprint density at radius 3 is 2.55 bits per heavy atom. The number of amides is 2. The first-order chi connectivity index (χ1) is 15.0. The molecule has 7 heteroatoms. The highest BCUT2D eigenvalue weighted by molar-refractivity contribution is 5.87. The van der Waals surface area contributed by atoms with Gasteiger partial charge in [0.25, 0.3) is 0 Å². The summed E-state index contributed by atoms with van der Waals surface area (Å²) in [6, 6.07) is 9.47. The molecule has 1 aromatic rings. The van der Waals surface area contributed by atoms with Gasteiger partial charge in [-0.3, -0.25) is 9.59 Å². The molecule has 172 valence electrons. The van der Waals surface area contributed by atoms with E-state index >= 15 is 0 Å². The lowest BCUT2D eigenvalue weighted by atomic mass is 9.84. The molecule has 1 aromatic carbocycles. The standard InChI is InChI=1S/C24H36N2O5/c1-18(15-19-10-13-30-14-11-19)22(27)16-21(23(25)28)9-5-6-12-26-24(29)31-17-20-7-3-2-4-8-20/h2-4,7-8,18-19,21H,5-6,9-17H2,1H3,(H2,25,28)(H,26,29)/t18-,21+/m0/s1. The molecule has 1 fully saturated rings. The Morgan fingerprint density at radius 1 is 1.16 bits per heavy atom. The summed E-state index contributed by atoms with van der Waals surface area (Å²) < 4.78 is 10.5. The SMILES string of the molecule is C[C@@H](CC1CCOCC1)C(=O)C[C@@H](CCCCNC(=O)OCc1ccccc1)C(N)=O. The van der Waals surface area contributed by atoms with Crippen LogP contribution in [0.3, 0.4) is 0 Å². The number of unbranched alkanes of at least 4 members (excludes halogenated alkanes) is 1. The average molecular weight is 433 g/mol. The van der Waals surface area contributed by atoms with Crippen LogP contribution in [0, 0.1) is 17.8 Å². The lowest BCUT2D eigenvalue weighted by molar-refractivity contribution is -0.129. The molecule has 1 aliphatic rings. The number of hydrogen-bond donors (Lipinski definition) is 2. The van der Waals surface area contributed by atoms with E-state index in [1.165, 1.54) is 0 Å². The second kappa shape index (κ2) is 13.8. The van der Waals surface area contributed by atoms with Gasteiger partial charge in [-0.05, 0) is 43.6 Å². The minimum Gasteiger partial charge on any atom is -0.445 e. The van der Waals surface area contributed by atoms with Gasteiger partial charge in [-0.25, -0.2) is 4.79 Å². The van der Waals surface area contributed by atoms with Crippen molar-refractivity contribution in [1.82, 2.24) is 5.32 Å². The molecule has 0 unspecified atom stereocenters. The van der Waals surface area contributed by atoms with E-state index in [4.69, 9.17) is 15.2 Å². The van der Waals surface area contributed by atoms with Crippen molar-refractivity contribution in [2.75, 3.05) is 19.8 Å². The van der Waals surface area contributed by atoms with Crippen LogP contribution in [0.15, 0.2) is 30.3 Å². The maximum Gasteiger partial charge on any atom is 0.407 e. The van der Waals surface area contributed by atoms with Crippen LogP contribution in [-0.4, -0.2) is 37.5 Å². The first kappa shape index (κ1) is 24.9. The van der Waals surface area contributed by atoms with Crippen molar-refractivity contribution in [1.29, 1.82) is 0 Å². The number of hydrogen-bond acceptors (Lipinski definition) is 5. The van der Waals surface area contributed by atoms with Crippen LogP contribution in [-0.2, 0) is 25.7 Å². The Balaban J connectivity index is 1.60. The van der Waals surface area contributed by atoms with Gasteiger partial charge in [0.15, 0.2) is 0 Å². The Morgan fingerprint density at radius 2 is 1.87 bits per heavy atom. The first-order valence-corrected chi connectivity index (χ1v) is 11.3. The molecule has 31 heavy (non-hydrogen) atoms. The number of rotatable bonds is 13. The zero-order valence-electron chi connectivity index (χ0n) is 18.5. The highest BCUT2D eigenvalue weighted by atomic mass is 16.5. The van der Waals surface area contributed by atoms with Gasteiger partial charge in [0.1, 0.15) is 12.4 Å². The number of alkyl carbamates (subject to hydrolysis) is 1. The van der Waals surface area contributed by atoms with Crippen LogP contribution in [0.25, 0.3) is 0 Å². The van der Waals surface area contributed by atoms with E-state index in [1.807, 2.05) is 37.3 Å². The van der Waals surface area contributed by atoms with Gasteiger partial charge in [0, 0.05) is 38.0 Å². The molecular weight excluding hydrogens is 396 g/mol. The second-order valence-electron chi connectivity index (χ2n) is 8.45. The Hall–Kier alpha value is -2.41. The molecular formula is C24H36N2O5. The number of ketones is 1. The molecule has 7 nitrogen and oxygen atoms in total. The highest BCUT2D eigenvalue weighted by Gasteiger charge is 2.25. The third-order valence-electron chi connectivity index (χ3n) is 5.89. The van der Waals surface area contributed by atoms with E-state index in [0.29, 0.717) is 31.7 Å². The number of benzene rings is 1. The number of ether oxygens (including phenoxy) is 2. The summed E-state index contributed by atoms with van der Waals surface area (Å²) in [6.45, 7) is 4.16. The Kier molecular flexibility index (Phi) is 11.1. The smallest absolute Gasteiger partial charge is 0.407 e. The topological polar surface area (TPSA) is 108 Å². The molecule has 2 rings (SSSR count). The summed E-state index contributed by atoms with van der Waals surface area (Å²) >= 11 is 0. The lowest BCUT2D eigenvalue weighted by Crippen LogP contribution is -2.29. The number of primary amides is 1. The Bertz CT molecular complexity index is 688. The van der Waals surface area contributed by atoms with Crippen LogP contribution in [0.5, 0.6) is 0 Å². The van der Waals surface area contributed by atoms with E-state index in [0.717, 1.165) is 38.0 Å². The molecule has 1 heterocycles. The number of nitrogens with one attached hydrogen (secondary N) is 1. The Labute approximate surface area is 185 Å². The van der Waals surface area contributed by atoms with E-state index in [1.54, 1.807) is 0 Å².